The molecule has 0 radical (unpaired) electrons. The smallest absolute Gasteiger partial charge is 0.413 e. The fourth-order valence-corrected chi connectivity index (χ4v) is 9.56. The van der Waals surface area contributed by atoms with Crippen molar-refractivity contribution >= 4 is 58.0 Å². The quantitative estimate of drug-likeness (QED) is 0.148. The van der Waals surface area contributed by atoms with Gasteiger partial charge in [0.2, 0.25) is 5.91 Å². The summed E-state index contributed by atoms with van der Waals surface area (Å²) < 4.78 is 23.6. The molecule has 1 saturated heterocycles. The minimum Gasteiger partial charge on any atom is -0.495 e. The number of hydrogen-bond donors (Lipinski definition) is 2. The van der Waals surface area contributed by atoms with E-state index < -0.39 is 52.5 Å². The molecule has 3 aliphatic carbocycles. The van der Waals surface area contributed by atoms with E-state index in [4.69, 9.17) is 35.5 Å². The van der Waals surface area contributed by atoms with Gasteiger partial charge in [0.05, 0.1) is 54.4 Å². The summed E-state index contributed by atoms with van der Waals surface area (Å²) in [6, 6.07) is 9.16. The molecule has 2 amide bonds. The van der Waals surface area contributed by atoms with Crippen LogP contribution in [0.4, 0.5) is 10.6 Å². The van der Waals surface area contributed by atoms with Gasteiger partial charge in [-0.15, -0.1) is 0 Å². The summed E-state index contributed by atoms with van der Waals surface area (Å²) in [5.74, 6) is -0.998. The lowest BCUT2D eigenvalue weighted by Gasteiger charge is -2.35. The lowest BCUT2D eigenvalue weighted by atomic mass is 9.77. The number of carboxylic acids is 1. The van der Waals surface area contributed by atoms with Crippen molar-refractivity contribution in [3.05, 3.63) is 41.4 Å². The van der Waals surface area contributed by atoms with Gasteiger partial charge >= 0.3 is 18.0 Å². The number of rotatable bonds is 14. The number of esters is 1. The standard InChI is InChI=1S/C46H57ClN4O10/c1-9-26-21-46(26,42(55)56)22-34(52)33-18-28(23-51(33)41(54)30(44(2,3)4)19-38(53)60-27-16-24-15-25(24)17-27)59-36-20-32(49-40-29(36)13-14-35(58-8)39(40)47)31-11-10-12-37(48-31)50-43(57)61-45(5,6)7/h10-14,20,24-28,30,33H,9,15-19,21-23H2,1-8H3,(H,55,56)(H,48,50,57)/t24-,25+,26-,27?,28-,30-,33+,46-/m1/s1. The van der Waals surface area contributed by atoms with Crippen LogP contribution in [0.25, 0.3) is 22.3 Å². The molecule has 0 spiro atoms. The highest BCUT2D eigenvalue weighted by Crippen LogP contribution is 2.58. The monoisotopic (exact) mass is 860 g/mol. The van der Waals surface area contributed by atoms with E-state index in [1.54, 1.807) is 57.2 Å². The number of fused-ring (bicyclic) bond motifs is 2. The van der Waals surface area contributed by atoms with Gasteiger partial charge in [-0.1, -0.05) is 51.8 Å². The zero-order valence-electron chi connectivity index (χ0n) is 36.2. The maximum Gasteiger partial charge on any atom is 0.413 e. The number of carbonyl (C=O) groups excluding carboxylic acids is 4. The number of likely N-dealkylation sites (tertiary alicyclic amines) is 1. The van der Waals surface area contributed by atoms with Crippen molar-refractivity contribution in [3.8, 4) is 22.9 Å². The Morgan fingerprint density at radius 2 is 1.67 bits per heavy atom. The van der Waals surface area contributed by atoms with Crippen LogP contribution in [0.2, 0.25) is 5.02 Å². The van der Waals surface area contributed by atoms with Gasteiger partial charge in [0.1, 0.15) is 40.1 Å². The number of ether oxygens (including phenoxy) is 4. The number of aliphatic carboxylic acids is 1. The highest BCUT2D eigenvalue weighted by molar-refractivity contribution is 6.36. The first-order valence-corrected chi connectivity index (χ1v) is 21.6. The summed E-state index contributed by atoms with van der Waals surface area (Å²) in [6.07, 6.45) is 2.06. The van der Waals surface area contributed by atoms with Crippen LogP contribution in [-0.4, -0.2) is 87.2 Å². The third kappa shape index (κ3) is 9.59. The molecule has 8 atom stereocenters. The Morgan fingerprint density at radius 3 is 2.30 bits per heavy atom. The average molecular weight is 861 g/mol. The Balaban J connectivity index is 1.20. The summed E-state index contributed by atoms with van der Waals surface area (Å²) in [6.45, 7) is 12.8. The van der Waals surface area contributed by atoms with Crippen LogP contribution in [-0.2, 0) is 28.7 Å². The van der Waals surface area contributed by atoms with Crippen LogP contribution in [0, 0.1) is 34.5 Å². The highest BCUT2D eigenvalue weighted by Gasteiger charge is 2.61. The van der Waals surface area contributed by atoms with Crippen LogP contribution >= 0.6 is 11.6 Å². The van der Waals surface area contributed by atoms with E-state index >= 15 is 0 Å². The molecule has 0 bridgehead atoms. The number of anilines is 1. The summed E-state index contributed by atoms with van der Waals surface area (Å²) in [5.41, 5.74) is -1.53. The summed E-state index contributed by atoms with van der Waals surface area (Å²) >= 11 is 6.86. The Bertz CT molecular complexity index is 2230. The Morgan fingerprint density at radius 1 is 0.951 bits per heavy atom. The van der Waals surface area contributed by atoms with E-state index in [0.29, 0.717) is 58.5 Å². The number of hydrogen-bond acceptors (Lipinski definition) is 11. The molecule has 3 aromatic rings. The fraction of sp³-hybridized carbons (Fsp3) is 0.587. The van der Waals surface area contributed by atoms with E-state index in [1.807, 2.05) is 27.7 Å². The molecular formula is C46H57ClN4O10. The molecular weight excluding hydrogens is 804 g/mol. The molecule has 4 fully saturated rings. The predicted octanol–water partition coefficient (Wildman–Crippen LogP) is 8.51. The van der Waals surface area contributed by atoms with Gasteiger partial charge in [0.25, 0.3) is 0 Å². The van der Waals surface area contributed by atoms with Gasteiger partial charge in [-0.2, -0.15) is 0 Å². The number of aromatic nitrogens is 2. The number of carbonyl (C=O) groups is 5. The minimum atomic E-state index is -1.18. The maximum atomic E-state index is 14.8. The Kier molecular flexibility index (Phi) is 12.1. The van der Waals surface area contributed by atoms with Crippen molar-refractivity contribution in [2.45, 2.75) is 124 Å². The molecule has 1 unspecified atom stereocenters. The molecule has 7 rings (SSSR count). The normalized spacial score (nSPS) is 26.0. The van der Waals surface area contributed by atoms with Crippen molar-refractivity contribution < 1.29 is 48.0 Å². The van der Waals surface area contributed by atoms with Gasteiger partial charge in [-0.05, 0) is 93.9 Å². The second-order valence-electron chi connectivity index (χ2n) is 19.4. The van der Waals surface area contributed by atoms with E-state index in [2.05, 4.69) is 10.3 Å². The third-order valence-corrected chi connectivity index (χ3v) is 13.1. The first kappa shape index (κ1) is 44.1. The maximum absolute atomic E-state index is 14.8. The van der Waals surface area contributed by atoms with Crippen LogP contribution in [0.15, 0.2) is 36.4 Å². The largest absolute Gasteiger partial charge is 0.495 e. The van der Waals surface area contributed by atoms with Gasteiger partial charge in [-0.25, -0.2) is 14.8 Å². The van der Waals surface area contributed by atoms with E-state index in [9.17, 15) is 29.1 Å². The number of nitrogens with zero attached hydrogens (tertiary/aromatic N) is 3. The molecule has 3 heterocycles. The summed E-state index contributed by atoms with van der Waals surface area (Å²) in [4.78, 5) is 78.8. The zero-order chi connectivity index (χ0) is 44.2. The van der Waals surface area contributed by atoms with Crippen LogP contribution in [0.3, 0.4) is 0 Å². The number of amides is 2. The lowest BCUT2D eigenvalue weighted by molar-refractivity contribution is -0.157. The topological polar surface area (TPSA) is 184 Å². The van der Waals surface area contributed by atoms with Gasteiger partial charge in [-0.3, -0.25) is 24.5 Å². The number of carboxylic acid groups (broad SMARTS) is 1. The number of nitrogens with one attached hydrogen (secondary N) is 1. The Hall–Kier alpha value is -4.98. The fourth-order valence-electron chi connectivity index (χ4n) is 9.28. The van der Waals surface area contributed by atoms with Crippen LogP contribution in [0.5, 0.6) is 11.5 Å². The molecule has 61 heavy (non-hydrogen) atoms. The average Bonchev–Trinajstić information content (AvgIpc) is 3.99. The third-order valence-electron chi connectivity index (χ3n) is 12.8. The highest BCUT2D eigenvalue weighted by atomic mass is 35.5. The molecule has 1 aliphatic heterocycles. The molecule has 328 valence electrons. The molecule has 4 aliphatic rings. The van der Waals surface area contributed by atoms with Crippen molar-refractivity contribution in [1.82, 2.24) is 14.9 Å². The van der Waals surface area contributed by atoms with E-state index in [0.717, 1.165) is 12.8 Å². The van der Waals surface area contributed by atoms with Crippen LogP contribution < -0.4 is 14.8 Å². The van der Waals surface area contributed by atoms with Crippen molar-refractivity contribution in [3.63, 3.8) is 0 Å². The van der Waals surface area contributed by atoms with Crippen molar-refractivity contribution in [1.29, 1.82) is 0 Å². The SMILES string of the molecule is CC[C@@H]1C[C@]1(CC(=O)[C@@H]1C[C@@H](Oc2cc(-c3cccc(NC(=O)OC(C)(C)C)n3)nc3c(Cl)c(OC)ccc23)CN1C(=O)[C@@H](CC(=O)OC1C[C@@H]2C[C@@H]2C1)C(C)(C)C)C(=O)O. The second-order valence-corrected chi connectivity index (χ2v) is 19.8. The van der Waals surface area contributed by atoms with Gasteiger partial charge in [0, 0.05) is 24.3 Å². The zero-order valence-corrected chi connectivity index (χ0v) is 37.0. The predicted molar refractivity (Wildman–Crippen MR) is 227 cm³/mol. The number of halogens is 1. The molecule has 2 aromatic heterocycles. The molecule has 3 saturated carbocycles. The number of methoxy groups -OCH3 is 1. The minimum absolute atomic E-state index is 0.00326. The van der Waals surface area contributed by atoms with Crippen molar-refractivity contribution in [2.24, 2.45) is 34.5 Å². The molecule has 15 heteroatoms. The van der Waals surface area contributed by atoms with E-state index in [-0.39, 0.29) is 60.4 Å². The first-order valence-electron chi connectivity index (χ1n) is 21.3. The van der Waals surface area contributed by atoms with Crippen molar-refractivity contribution in [2.75, 3.05) is 19.0 Å². The number of benzene rings is 1. The van der Waals surface area contributed by atoms with Gasteiger partial charge < -0.3 is 29.0 Å². The molecule has 2 N–H and O–H groups in total. The molecule has 14 nitrogen and oxygen atoms in total. The number of ketones is 1. The Labute approximate surface area is 361 Å². The summed E-state index contributed by atoms with van der Waals surface area (Å²) in [7, 11) is 1.49. The number of pyridine rings is 2. The van der Waals surface area contributed by atoms with Gasteiger partial charge in [0.15, 0.2) is 5.78 Å². The van der Waals surface area contributed by atoms with E-state index in [1.165, 1.54) is 18.4 Å². The lowest BCUT2D eigenvalue weighted by Crippen LogP contribution is -2.48. The first-order chi connectivity index (χ1) is 28.7. The van der Waals surface area contributed by atoms with Crippen LogP contribution in [0.1, 0.15) is 99.8 Å². The summed E-state index contributed by atoms with van der Waals surface area (Å²) in [5, 5.41) is 13.7. The number of Topliss-reactive ketones (excluding diaryl/α,β-unsaturated/α-hetero) is 1. The second kappa shape index (κ2) is 16.7. The molecule has 1 aromatic carbocycles.